The van der Waals surface area contributed by atoms with Gasteiger partial charge in [-0.2, -0.15) is 0 Å². The molecule has 0 spiro atoms. The molecular formula is C29H29N3O5. The zero-order valence-corrected chi connectivity index (χ0v) is 21.0. The van der Waals surface area contributed by atoms with Gasteiger partial charge in [0.15, 0.2) is 0 Å². The number of nitrogens with zero attached hydrogens (tertiary/aromatic N) is 1. The molecular weight excluding hydrogens is 470 g/mol. The lowest BCUT2D eigenvalue weighted by Crippen LogP contribution is -2.26. The van der Waals surface area contributed by atoms with Crippen molar-refractivity contribution in [3.05, 3.63) is 95.1 Å². The van der Waals surface area contributed by atoms with E-state index in [0.717, 1.165) is 16.8 Å². The van der Waals surface area contributed by atoms with E-state index >= 15 is 0 Å². The molecule has 1 amide bonds. The number of carbonyl (C=O) groups is 3. The number of hydrogen-bond acceptors (Lipinski definition) is 7. The summed E-state index contributed by atoms with van der Waals surface area (Å²) in [5.74, 6) is -0.985. The second-order valence-corrected chi connectivity index (χ2v) is 8.62. The van der Waals surface area contributed by atoms with E-state index in [-0.39, 0.29) is 18.4 Å². The molecule has 0 bridgehead atoms. The van der Waals surface area contributed by atoms with Crippen molar-refractivity contribution >= 4 is 40.5 Å². The quantitative estimate of drug-likeness (QED) is 0.333. The molecule has 0 radical (unpaired) electrons. The molecule has 8 nitrogen and oxygen atoms in total. The van der Waals surface area contributed by atoms with Crippen LogP contribution >= 0.6 is 0 Å². The zero-order chi connectivity index (χ0) is 26.4. The lowest BCUT2D eigenvalue weighted by molar-refractivity contribution is -0.144. The van der Waals surface area contributed by atoms with Crippen LogP contribution in [-0.4, -0.2) is 50.1 Å². The molecule has 0 unspecified atom stereocenters. The Balaban J connectivity index is 1.63. The fourth-order valence-corrected chi connectivity index (χ4v) is 4.18. The van der Waals surface area contributed by atoms with Gasteiger partial charge in [0.2, 0.25) is 0 Å². The van der Waals surface area contributed by atoms with Crippen LogP contribution in [-0.2, 0) is 25.6 Å². The Labute approximate surface area is 215 Å². The summed E-state index contributed by atoms with van der Waals surface area (Å²) in [4.78, 5) is 38.7. The summed E-state index contributed by atoms with van der Waals surface area (Å²) >= 11 is 0. The van der Waals surface area contributed by atoms with E-state index in [0.29, 0.717) is 41.2 Å². The Kier molecular flexibility index (Phi) is 8.00. The van der Waals surface area contributed by atoms with E-state index < -0.39 is 5.97 Å². The van der Waals surface area contributed by atoms with Crippen LogP contribution in [0.3, 0.4) is 0 Å². The number of ether oxygens (including phenoxy) is 2. The molecule has 3 aromatic carbocycles. The van der Waals surface area contributed by atoms with Crippen LogP contribution in [0.25, 0.3) is 11.3 Å². The third-order valence-electron chi connectivity index (χ3n) is 5.88. The predicted octanol–water partition coefficient (Wildman–Crippen LogP) is 4.40. The first-order valence-electron chi connectivity index (χ1n) is 11.9. The average Bonchev–Trinajstić information content (AvgIpc) is 3.22. The zero-order valence-electron chi connectivity index (χ0n) is 21.0. The second kappa shape index (κ2) is 11.5. The fourth-order valence-electron chi connectivity index (χ4n) is 4.18. The van der Waals surface area contributed by atoms with Gasteiger partial charge in [0.25, 0.3) is 5.91 Å². The number of likely N-dealkylation sites (N-methyl/N-ethyl adjacent to an activating group) is 1. The Hall–Kier alpha value is -4.43. The molecule has 190 valence electrons. The number of amides is 1. The Morgan fingerprint density at radius 2 is 1.70 bits per heavy atom. The van der Waals surface area contributed by atoms with E-state index in [1.807, 2.05) is 66.5 Å². The van der Waals surface area contributed by atoms with Gasteiger partial charge in [0, 0.05) is 17.8 Å². The third kappa shape index (κ3) is 6.05. The highest BCUT2D eigenvalue weighted by Crippen LogP contribution is 2.38. The van der Waals surface area contributed by atoms with Gasteiger partial charge < -0.3 is 20.1 Å². The van der Waals surface area contributed by atoms with Crippen LogP contribution < -0.4 is 10.6 Å². The number of anilines is 2. The highest BCUT2D eigenvalue weighted by atomic mass is 16.5. The minimum Gasteiger partial charge on any atom is -0.465 e. The van der Waals surface area contributed by atoms with E-state index in [2.05, 4.69) is 10.6 Å². The lowest BCUT2D eigenvalue weighted by atomic mass is 9.99. The van der Waals surface area contributed by atoms with Crippen molar-refractivity contribution in [2.24, 2.45) is 0 Å². The summed E-state index contributed by atoms with van der Waals surface area (Å²) in [6.45, 7) is 2.95. The highest BCUT2D eigenvalue weighted by molar-refractivity contribution is 6.37. The topological polar surface area (TPSA) is 97.0 Å². The first-order chi connectivity index (χ1) is 17.9. The molecule has 0 fully saturated rings. The minimum atomic E-state index is -0.469. The number of benzene rings is 3. The summed E-state index contributed by atoms with van der Waals surface area (Å²) in [6.07, 6.45) is 0. The number of esters is 2. The van der Waals surface area contributed by atoms with Crippen LogP contribution in [0.4, 0.5) is 11.4 Å². The molecule has 0 aliphatic carbocycles. The molecule has 3 aromatic rings. The van der Waals surface area contributed by atoms with Crippen molar-refractivity contribution in [3.8, 4) is 0 Å². The molecule has 0 aromatic heterocycles. The Morgan fingerprint density at radius 3 is 2.38 bits per heavy atom. The van der Waals surface area contributed by atoms with Gasteiger partial charge in [-0.25, -0.2) is 4.79 Å². The smallest absolute Gasteiger partial charge is 0.337 e. The van der Waals surface area contributed by atoms with Crippen molar-refractivity contribution in [3.63, 3.8) is 0 Å². The molecule has 1 heterocycles. The van der Waals surface area contributed by atoms with Crippen LogP contribution in [0.1, 0.15) is 34.0 Å². The van der Waals surface area contributed by atoms with Gasteiger partial charge in [0.1, 0.15) is 0 Å². The normalized spacial score (nSPS) is 13.6. The van der Waals surface area contributed by atoms with Crippen molar-refractivity contribution in [1.29, 1.82) is 0 Å². The van der Waals surface area contributed by atoms with Crippen molar-refractivity contribution in [2.45, 2.75) is 13.5 Å². The molecule has 1 aliphatic heterocycles. The number of methoxy groups -OCH3 is 1. The van der Waals surface area contributed by atoms with Crippen LogP contribution in [0, 0.1) is 0 Å². The minimum absolute atomic E-state index is 0.213. The predicted molar refractivity (Wildman–Crippen MR) is 143 cm³/mol. The lowest BCUT2D eigenvalue weighted by Gasteiger charge is -2.17. The summed E-state index contributed by atoms with van der Waals surface area (Å²) in [5.41, 5.74) is 5.42. The average molecular weight is 500 g/mol. The third-order valence-corrected chi connectivity index (χ3v) is 5.88. The van der Waals surface area contributed by atoms with Gasteiger partial charge >= 0.3 is 11.9 Å². The number of hydrogen-bond donors (Lipinski definition) is 2. The molecule has 8 heteroatoms. The molecule has 0 saturated heterocycles. The van der Waals surface area contributed by atoms with Gasteiger partial charge in [-0.15, -0.1) is 0 Å². The Morgan fingerprint density at radius 1 is 0.973 bits per heavy atom. The summed E-state index contributed by atoms with van der Waals surface area (Å²) in [6, 6.07) is 22.4. The number of carbonyl (C=O) groups excluding carboxylic acids is 3. The monoisotopic (exact) mass is 499 g/mol. The van der Waals surface area contributed by atoms with Crippen molar-refractivity contribution in [2.75, 3.05) is 37.9 Å². The van der Waals surface area contributed by atoms with E-state index in [1.165, 1.54) is 7.11 Å². The van der Waals surface area contributed by atoms with Gasteiger partial charge in [-0.05, 0) is 49.4 Å². The van der Waals surface area contributed by atoms with E-state index in [1.54, 1.807) is 25.1 Å². The van der Waals surface area contributed by atoms with E-state index in [4.69, 9.17) is 9.47 Å². The van der Waals surface area contributed by atoms with Gasteiger partial charge in [-0.1, -0.05) is 48.5 Å². The van der Waals surface area contributed by atoms with Crippen molar-refractivity contribution in [1.82, 2.24) is 4.90 Å². The van der Waals surface area contributed by atoms with Crippen molar-refractivity contribution < 1.29 is 23.9 Å². The SMILES string of the molecule is CCOC(=O)CN(C)Cc1ccc(N/C(=C2\C(=O)Nc3cc(C(=O)OC)ccc32)c2ccccc2)cc1. The van der Waals surface area contributed by atoms with E-state index in [9.17, 15) is 14.4 Å². The molecule has 4 rings (SSSR count). The standard InChI is InChI=1S/C29H29N3O5/c1-4-37-25(33)18-32(2)17-19-10-13-22(14-11-19)30-27(20-8-6-5-7-9-20)26-23-15-12-21(29(35)36-3)16-24(23)31-28(26)34/h5-16,30H,4,17-18H2,1-3H3,(H,31,34)/b27-26-. The molecule has 1 aliphatic rings. The van der Waals surface area contributed by atoms with Gasteiger partial charge in [0.05, 0.1) is 42.8 Å². The number of rotatable bonds is 9. The van der Waals surface area contributed by atoms with Gasteiger partial charge in [-0.3, -0.25) is 14.5 Å². The first kappa shape index (κ1) is 25.7. The highest BCUT2D eigenvalue weighted by Gasteiger charge is 2.29. The van der Waals surface area contributed by atoms with Crippen LogP contribution in [0.2, 0.25) is 0 Å². The fraction of sp³-hybridized carbons (Fsp3) is 0.207. The second-order valence-electron chi connectivity index (χ2n) is 8.62. The maximum absolute atomic E-state index is 13.1. The van der Waals surface area contributed by atoms with Crippen LogP contribution in [0.15, 0.2) is 72.8 Å². The first-order valence-corrected chi connectivity index (χ1v) is 11.9. The molecule has 0 atom stereocenters. The summed E-state index contributed by atoms with van der Waals surface area (Å²) in [5, 5.41) is 6.30. The number of fused-ring (bicyclic) bond motifs is 1. The maximum atomic E-state index is 13.1. The molecule has 0 saturated carbocycles. The molecule has 2 N–H and O–H groups in total. The summed E-state index contributed by atoms with van der Waals surface area (Å²) in [7, 11) is 3.18. The Bertz CT molecular complexity index is 1330. The molecule has 37 heavy (non-hydrogen) atoms. The number of nitrogens with one attached hydrogen (secondary N) is 2. The largest absolute Gasteiger partial charge is 0.465 e. The maximum Gasteiger partial charge on any atom is 0.337 e. The summed E-state index contributed by atoms with van der Waals surface area (Å²) < 4.78 is 9.82. The van der Waals surface area contributed by atoms with Crippen LogP contribution in [0.5, 0.6) is 0 Å².